The van der Waals surface area contributed by atoms with Crippen molar-refractivity contribution in [2.24, 2.45) is 0 Å². The molecule has 3 rings (SSSR count). The second-order valence-electron chi connectivity index (χ2n) is 4.65. The highest BCUT2D eigenvalue weighted by atomic mass is 32.2. The molecule has 2 aromatic rings. The number of nitrogens with one attached hydrogen (secondary N) is 1. The molecule has 1 aliphatic heterocycles. The van der Waals surface area contributed by atoms with Gasteiger partial charge in [0.15, 0.2) is 11.5 Å². The van der Waals surface area contributed by atoms with E-state index in [2.05, 4.69) is 4.72 Å². The van der Waals surface area contributed by atoms with Crippen LogP contribution in [0.1, 0.15) is 5.56 Å². The first-order chi connectivity index (χ1) is 10.1. The number of rotatable bonds is 5. The first-order valence-corrected chi connectivity index (χ1v) is 8.07. The summed E-state index contributed by atoms with van der Waals surface area (Å²) in [4.78, 5) is 0.274. The van der Waals surface area contributed by atoms with Gasteiger partial charge in [0, 0.05) is 6.54 Å². The lowest BCUT2D eigenvalue weighted by Crippen LogP contribution is -2.25. The Bertz CT molecular complexity index is 729. The summed E-state index contributed by atoms with van der Waals surface area (Å²) in [5.74, 6) is 1.43. The molecule has 0 bridgehead atoms. The molecular weight excluding hydrogens is 290 g/mol. The summed E-state index contributed by atoms with van der Waals surface area (Å²) in [6.45, 7) is 0.566. The lowest BCUT2D eigenvalue weighted by atomic mass is 10.1. The van der Waals surface area contributed by atoms with Crippen molar-refractivity contribution in [2.45, 2.75) is 11.3 Å². The molecule has 6 heteroatoms. The van der Waals surface area contributed by atoms with Gasteiger partial charge in [0.25, 0.3) is 0 Å². The zero-order valence-corrected chi connectivity index (χ0v) is 12.1. The fraction of sp³-hybridized carbons (Fsp3) is 0.200. The highest BCUT2D eigenvalue weighted by molar-refractivity contribution is 7.89. The molecule has 21 heavy (non-hydrogen) atoms. The van der Waals surface area contributed by atoms with E-state index in [4.69, 9.17) is 9.47 Å². The normalized spacial score (nSPS) is 13.3. The Morgan fingerprint density at radius 2 is 1.76 bits per heavy atom. The highest BCUT2D eigenvalue weighted by Crippen LogP contribution is 2.32. The van der Waals surface area contributed by atoms with Crippen LogP contribution >= 0.6 is 0 Å². The predicted octanol–water partition coefficient (Wildman–Crippen LogP) is 1.94. The Morgan fingerprint density at radius 1 is 1.00 bits per heavy atom. The van der Waals surface area contributed by atoms with E-state index in [1.54, 1.807) is 30.3 Å². The maximum atomic E-state index is 12.1. The molecule has 0 fully saturated rings. The largest absolute Gasteiger partial charge is 0.454 e. The van der Waals surface area contributed by atoms with Gasteiger partial charge in [-0.15, -0.1) is 0 Å². The van der Waals surface area contributed by atoms with E-state index < -0.39 is 10.0 Å². The molecule has 1 N–H and O–H groups in total. The maximum absolute atomic E-state index is 12.1. The minimum Gasteiger partial charge on any atom is -0.454 e. The maximum Gasteiger partial charge on any atom is 0.240 e. The molecule has 1 heterocycles. The van der Waals surface area contributed by atoms with E-state index in [-0.39, 0.29) is 11.7 Å². The minimum atomic E-state index is -3.45. The van der Waals surface area contributed by atoms with E-state index in [0.29, 0.717) is 18.7 Å². The number of benzene rings is 2. The molecule has 110 valence electrons. The average Bonchev–Trinajstić information content (AvgIpc) is 2.95. The quantitative estimate of drug-likeness (QED) is 0.917. The summed E-state index contributed by atoms with van der Waals surface area (Å²) in [5.41, 5.74) is 0.995. The fourth-order valence-corrected chi connectivity index (χ4v) is 3.16. The van der Waals surface area contributed by atoms with Crippen LogP contribution in [0.25, 0.3) is 0 Å². The van der Waals surface area contributed by atoms with Gasteiger partial charge in [0.2, 0.25) is 16.8 Å². The van der Waals surface area contributed by atoms with Gasteiger partial charge in [-0.2, -0.15) is 0 Å². The van der Waals surface area contributed by atoms with Crippen molar-refractivity contribution >= 4 is 10.0 Å². The van der Waals surface area contributed by atoms with Crippen LogP contribution in [-0.4, -0.2) is 21.8 Å². The van der Waals surface area contributed by atoms with Crippen molar-refractivity contribution in [2.75, 3.05) is 13.3 Å². The third-order valence-electron chi connectivity index (χ3n) is 3.20. The Kier molecular flexibility index (Phi) is 3.81. The van der Waals surface area contributed by atoms with Crippen molar-refractivity contribution in [3.8, 4) is 11.5 Å². The second-order valence-corrected chi connectivity index (χ2v) is 6.42. The minimum absolute atomic E-state index is 0.236. The van der Waals surface area contributed by atoms with Crippen LogP contribution < -0.4 is 14.2 Å². The van der Waals surface area contributed by atoms with Crippen LogP contribution in [0.2, 0.25) is 0 Å². The molecule has 0 unspecified atom stereocenters. The van der Waals surface area contributed by atoms with Gasteiger partial charge in [-0.05, 0) is 36.2 Å². The predicted molar refractivity (Wildman–Crippen MR) is 77.9 cm³/mol. The van der Waals surface area contributed by atoms with Gasteiger partial charge >= 0.3 is 0 Å². The molecule has 1 aliphatic rings. The summed E-state index contributed by atoms with van der Waals surface area (Å²) < 4.78 is 37.2. The summed E-state index contributed by atoms with van der Waals surface area (Å²) >= 11 is 0. The molecule has 0 saturated heterocycles. The van der Waals surface area contributed by atoms with Crippen molar-refractivity contribution < 1.29 is 17.9 Å². The third kappa shape index (κ3) is 3.17. The van der Waals surface area contributed by atoms with Gasteiger partial charge in [0.05, 0.1) is 4.90 Å². The van der Waals surface area contributed by atoms with E-state index in [0.717, 1.165) is 11.3 Å². The van der Waals surface area contributed by atoms with Crippen LogP contribution in [0, 0.1) is 0 Å². The Hall–Kier alpha value is -2.05. The zero-order chi connectivity index (χ0) is 14.7. The molecule has 2 aromatic carbocycles. The first kappa shape index (κ1) is 13.9. The molecular formula is C15H15NO4S. The monoisotopic (exact) mass is 305 g/mol. The number of hydrogen-bond acceptors (Lipinski definition) is 4. The van der Waals surface area contributed by atoms with Gasteiger partial charge in [0.1, 0.15) is 0 Å². The fourth-order valence-electron chi connectivity index (χ4n) is 2.11. The van der Waals surface area contributed by atoms with Gasteiger partial charge in [-0.25, -0.2) is 13.1 Å². The van der Waals surface area contributed by atoms with Crippen LogP contribution in [-0.2, 0) is 16.4 Å². The lowest BCUT2D eigenvalue weighted by molar-refractivity contribution is 0.174. The van der Waals surface area contributed by atoms with E-state index in [1.807, 2.05) is 18.2 Å². The topological polar surface area (TPSA) is 64.6 Å². The van der Waals surface area contributed by atoms with Crippen molar-refractivity contribution in [1.29, 1.82) is 0 Å². The third-order valence-corrected chi connectivity index (χ3v) is 4.67. The van der Waals surface area contributed by atoms with Gasteiger partial charge < -0.3 is 9.47 Å². The molecule has 0 amide bonds. The number of sulfonamides is 1. The summed E-state index contributed by atoms with van der Waals surface area (Å²) in [6.07, 6.45) is 0.586. The Balaban J connectivity index is 1.61. The number of hydrogen-bond donors (Lipinski definition) is 1. The molecule has 0 atom stereocenters. The molecule has 0 aromatic heterocycles. The highest BCUT2D eigenvalue weighted by Gasteiger charge is 2.15. The molecule has 5 nitrogen and oxygen atoms in total. The van der Waals surface area contributed by atoms with Gasteiger partial charge in [-0.1, -0.05) is 24.3 Å². The molecule has 0 saturated carbocycles. The van der Waals surface area contributed by atoms with E-state index in [9.17, 15) is 8.42 Å². The summed E-state index contributed by atoms with van der Waals surface area (Å²) in [5, 5.41) is 0. The summed E-state index contributed by atoms with van der Waals surface area (Å²) in [6, 6.07) is 13.9. The SMILES string of the molecule is O=S(=O)(NCCc1ccc2c(c1)OCO2)c1ccccc1. The van der Waals surface area contributed by atoms with Crippen LogP contribution in [0.3, 0.4) is 0 Å². The lowest BCUT2D eigenvalue weighted by Gasteiger charge is -2.07. The molecule has 0 aliphatic carbocycles. The molecule has 0 radical (unpaired) electrons. The number of fused-ring (bicyclic) bond motifs is 1. The van der Waals surface area contributed by atoms with E-state index in [1.165, 1.54) is 0 Å². The van der Waals surface area contributed by atoms with E-state index >= 15 is 0 Å². The van der Waals surface area contributed by atoms with Crippen molar-refractivity contribution in [1.82, 2.24) is 4.72 Å². The smallest absolute Gasteiger partial charge is 0.240 e. The van der Waals surface area contributed by atoms with Crippen LogP contribution in [0.15, 0.2) is 53.4 Å². The standard InChI is InChI=1S/C15H15NO4S/c17-21(18,13-4-2-1-3-5-13)16-9-8-12-6-7-14-15(10-12)20-11-19-14/h1-7,10,16H,8-9,11H2. The average molecular weight is 305 g/mol. The van der Waals surface area contributed by atoms with Crippen molar-refractivity contribution in [3.05, 3.63) is 54.1 Å². The zero-order valence-electron chi connectivity index (χ0n) is 11.3. The first-order valence-electron chi connectivity index (χ1n) is 6.58. The van der Waals surface area contributed by atoms with Gasteiger partial charge in [-0.3, -0.25) is 0 Å². The van der Waals surface area contributed by atoms with Crippen LogP contribution in [0.4, 0.5) is 0 Å². The van der Waals surface area contributed by atoms with Crippen LogP contribution in [0.5, 0.6) is 11.5 Å². The van der Waals surface area contributed by atoms with Crippen molar-refractivity contribution in [3.63, 3.8) is 0 Å². The second kappa shape index (κ2) is 5.75. The Morgan fingerprint density at radius 3 is 2.57 bits per heavy atom. The molecule has 0 spiro atoms. The Labute approximate surface area is 123 Å². The number of ether oxygens (including phenoxy) is 2. The summed E-state index contributed by atoms with van der Waals surface area (Å²) in [7, 11) is -3.45.